The van der Waals surface area contributed by atoms with Crippen LogP contribution in [0.1, 0.15) is 36.1 Å². The fourth-order valence-electron chi connectivity index (χ4n) is 2.81. The summed E-state index contributed by atoms with van der Waals surface area (Å²) in [5.74, 6) is 0. The van der Waals surface area contributed by atoms with Crippen LogP contribution in [0.15, 0.2) is 86.0 Å². The molecule has 0 heterocycles. The molecule has 0 saturated carbocycles. The van der Waals surface area contributed by atoms with E-state index in [0.29, 0.717) is 0 Å². The minimum absolute atomic E-state index is 1.09. The fourth-order valence-corrected chi connectivity index (χ4v) is 2.81. The van der Waals surface area contributed by atoms with E-state index in [1.54, 1.807) is 0 Å². The third-order valence-electron chi connectivity index (χ3n) is 4.49. The highest BCUT2D eigenvalue weighted by molar-refractivity contribution is 5.74. The fraction of sp³-hybridized carbons (Fsp3) is 0.0769. The van der Waals surface area contributed by atoms with Gasteiger partial charge < -0.3 is 0 Å². The molecule has 0 amide bonds. The molecule has 0 aliphatic rings. The van der Waals surface area contributed by atoms with E-state index < -0.39 is 0 Å². The van der Waals surface area contributed by atoms with Crippen LogP contribution >= 0.6 is 0 Å². The summed E-state index contributed by atoms with van der Waals surface area (Å²) >= 11 is 0. The van der Waals surface area contributed by atoms with Crippen LogP contribution in [0.2, 0.25) is 0 Å². The summed E-state index contributed by atoms with van der Waals surface area (Å²) in [6.07, 6.45) is 4.28. The Morgan fingerprint density at radius 3 is 1.23 bits per heavy atom. The zero-order chi connectivity index (χ0) is 18.5. The molecule has 0 unspecified atom stereocenters. The zero-order valence-electron chi connectivity index (χ0n) is 15.5. The Labute approximate surface area is 156 Å². The van der Waals surface area contributed by atoms with Crippen LogP contribution < -0.4 is 0 Å². The Morgan fingerprint density at radius 2 is 0.846 bits per heavy atom. The van der Waals surface area contributed by atoms with Crippen LogP contribution in [0.3, 0.4) is 0 Å². The Bertz CT molecular complexity index is 934. The molecule has 0 nitrogen and oxygen atoms in total. The van der Waals surface area contributed by atoms with Crippen molar-refractivity contribution in [2.24, 2.45) is 0 Å². The van der Waals surface area contributed by atoms with Crippen LogP contribution in [-0.4, -0.2) is 0 Å². The van der Waals surface area contributed by atoms with Gasteiger partial charge in [0.1, 0.15) is 0 Å². The molecule has 0 heteroatoms. The lowest BCUT2D eigenvalue weighted by atomic mass is 10.0. The van der Waals surface area contributed by atoms with E-state index in [4.69, 9.17) is 0 Å². The highest BCUT2D eigenvalue weighted by atomic mass is 14.0. The van der Waals surface area contributed by atoms with E-state index in [1.165, 1.54) is 33.4 Å². The topological polar surface area (TPSA) is 0 Å². The van der Waals surface area contributed by atoms with Gasteiger partial charge in [0.2, 0.25) is 0 Å². The van der Waals surface area contributed by atoms with Crippen molar-refractivity contribution in [3.8, 4) is 11.1 Å². The molecule has 0 saturated heterocycles. The van der Waals surface area contributed by atoms with E-state index in [-0.39, 0.29) is 0 Å². The van der Waals surface area contributed by atoms with Crippen molar-refractivity contribution >= 4 is 23.3 Å². The molecule has 3 aromatic carbocycles. The third-order valence-corrected chi connectivity index (χ3v) is 4.49. The second kappa shape index (κ2) is 7.84. The lowest BCUT2D eigenvalue weighted by molar-refractivity contribution is 1.55. The molecular weight excluding hydrogens is 312 g/mol. The molecule has 0 bridgehead atoms. The van der Waals surface area contributed by atoms with Gasteiger partial charge in [-0.15, -0.1) is 0 Å². The second-order valence-electron chi connectivity index (χ2n) is 6.72. The van der Waals surface area contributed by atoms with Crippen molar-refractivity contribution < 1.29 is 0 Å². The lowest BCUT2D eigenvalue weighted by Gasteiger charge is -2.05. The van der Waals surface area contributed by atoms with Crippen LogP contribution in [0.4, 0.5) is 0 Å². The van der Waals surface area contributed by atoms with Gasteiger partial charge in [0.05, 0.1) is 0 Å². The molecule has 0 atom stereocenters. The summed E-state index contributed by atoms with van der Waals surface area (Å²) in [6, 6.07) is 25.7. The van der Waals surface area contributed by atoms with Crippen LogP contribution in [0.25, 0.3) is 34.4 Å². The minimum atomic E-state index is 1.09. The quantitative estimate of drug-likeness (QED) is 0.421. The van der Waals surface area contributed by atoms with E-state index in [2.05, 4.69) is 98.1 Å². The van der Waals surface area contributed by atoms with Crippen LogP contribution in [-0.2, 0) is 0 Å². The van der Waals surface area contributed by atoms with Gasteiger partial charge in [0, 0.05) is 0 Å². The number of rotatable bonds is 5. The third kappa shape index (κ3) is 4.29. The number of benzene rings is 3. The van der Waals surface area contributed by atoms with Gasteiger partial charge >= 0.3 is 0 Å². The molecule has 0 aliphatic heterocycles. The highest BCUT2D eigenvalue weighted by Gasteiger charge is 1.99. The van der Waals surface area contributed by atoms with E-state index in [0.717, 1.165) is 11.1 Å². The molecule has 3 aromatic rings. The molecule has 26 heavy (non-hydrogen) atoms. The molecule has 0 radical (unpaired) electrons. The van der Waals surface area contributed by atoms with Gasteiger partial charge in [-0.25, -0.2) is 0 Å². The van der Waals surface area contributed by atoms with E-state index in [1.807, 2.05) is 13.8 Å². The zero-order valence-corrected chi connectivity index (χ0v) is 15.5. The average Bonchev–Trinajstić information content (AvgIpc) is 2.67. The molecule has 0 aliphatic carbocycles. The summed E-state index contributed by atoms with van der Waals surface area (Å²) in [6.45, 7) is 12.0. The van der Waals surface area contributed by atoms with Gasteiger partial charge in [-0.3, -0.25) is 0 Å². The molecule has 0 spiro atoms. The first kappa shape index (κ1) is 17.7. The maximum Gasteiger partial charge on any atom is -0.0184 e. The predicted molar refractivity (Wildman–Crippen MR) is 117 cm³/mol. The smallest absolute Gasteiger partial charge is 0.0184 e. The Kier molecular flexibility index (Phi) is 5.34. The lowest BCUT2D eigenvalue weighted by Crippen LogP contribution is -1.81. The standard InChI is InChI=1S/C26H24/c1-19(2)23-11-7-21(8-12-23)5-6-22-9-13-25(14-10-22)26-17-15-24(16-18-26)20(3)4/h5-18H,1,3H2,2,4H3/b6-5+. The first-order valence-corrected chi connectivity index (χ1v) is 8.83. The van der Waals surface area contributed by atoms with Gasteiger partial charge in [-0.2, -0.15) is 0 Å². The number of hydrogen-bond donors (Lipinski definition) is 0. The Balaban J connectivity index is 1.72. The maximum absolute atomic E-state index is 3.99. The van der Waals surface area contributed by atoms with Crippen molar-refractivity contribution in [1.29, 1.82) is 0 Å². The van der Waals surface area contributed by atoms with E-state index >= 15 is 0 Å². The van der Waals surface area contributed by atoms with Crippen molar-refractivity contribution in [3.05, 3.63) is 108 Å². The summed E-state index contributed by atoms with van der Waals surface area (Å²) in [4.78, 5) is 0. The van der Waals surface area contributed by atoms with Gasteiger partial charge in [-0.1, -0.05) is 109 Å². The molecule has 128 valence electrons. The number of hydrogen-bond acceptors (Lipinski definition) is 0. The van der Waals surface area contributed by atoms with Gasteiger partial charge in [-0.05, 0) is 47.2 Å². The first-order valence-electron chi connectivity index (χ1n) is 8.83. The Hall–Kier alpha value is -3.12. The Morgan fingerprint density at radius 1 is 0.538 bits per heavy atom. The average molecular weight is 336 g/mol. The van der Waals surface area contributed by atoms with Crippen LogP contribution in [0.5, 0.6) is 0 Å². The van der Waals surface area contributed by atoms with Gasteiger partial charge in [0.25, 0.3) is 0 Å². The monoisotopic (exact) mass is 336 g/mol. The normalized spacial score (nSPS) is 10.8. The van der Waals surface area contributed by atoms with Crippen molar-refractivity contribution in [2.75, 3.05) is 0 Å². The molecule has 3 rings (SSSR count). The minimum Gasteiger partial charge on any atom is -0.0955 e. The highest BCUT2D eigenvalue weighted by Crippen LogP contribution is 2.23. The SMILES string of the molecule is C=C(C)c1ccc(/C=C/c2ccc(-c3ccc(C(=C)C)cc3)cc2)cc1. The summed E-state index contributed by atoms with van der Waals surface area (Å²) in [5, 5.41) is 0. The van der Waals surface area contributed by atoms with E-state index in [9.17, 15) is 0 Å². The summed E-state index contributed by atoms with van der Waals surface area (Å²) < 4.78 is 0. The first-order chi connectivity index (χ1) is 12.5. The van der Waals surface area contributed by atoms with Crippen molar-refractivity contribution in [2.45, 2.75) is 13.8 Å². The molecular formula is C26H24. The van der Waals surface area contributed by atoms with Crippen molar-refractivity contribution in [1.82, 2.24) is 0 Å². The van der Waals surface area contributed by atoms with Gasteiger partial charge in [0.15, 0.2) is 0 Å². The molecule has 0 fully saturated rings. The summed E-state index contributed by atoms with van der Waals surface area (Å²) in [7, 11) is 0. The number of allylic oxidation sites excluding steroid dienone is 2. The second-order valence-corrected chi connectivity index (χ2v) is 6.72. The molecule has 0 N–H and O–H groups in total. The largest absolute Gasteiger partial charge is 0.0955 e. The predicted octanol–water partition coefficient (Wildman–Crippen LogP) is 7.59. The van der Waals surface area contributed by atoms with Crippen LogP contribution in [0, 0.1) is 0 Å². The van der Waals surface area contributed by atoms with Crippen molar-refractivity contribution in [3.63, 3.8) is 0 Å². The maximum atomic E-state index is 3.99. The summed E-state index contributed by atoms with van der Waals surface area (Å²) in [5.41, 5.74) is 9.38. The molecule has 0 aromatic heterocycles.